The van der Waals surface area contributed by atoms with Gasteiger partial charge < -0.3 is 9.47 Å². The number of carbonyl (C=O) groups excluding carboxylic acids is 1. The van der Waals surface area contributed by atoms with Crippen LogP contribution in [0.4, 0.5) is 4.79 Å². The van der Waals surface area contributed by atoms with Crippen molar-refractivity contribution < 1.29 is 14.3 Å². The molecule has 1 aromatic rings. The van der Waals surface area contributed by atoms with Crippen LogP contribution in [-0.4, -0.2) is 23.6 Å². The Morgan fingerprint density at radius 1 is 1.11 bits per heavy atom. The molecule has 0 amide bonds. The lowest BCUT2D eigenvalue weighted by Crippen LogP contribution is -2.42. The van der Waals surface area contributed by atoms with E-state index in [1.54, 1.807) is 0 Å². The quantitative estimate of drug-likeness (QED) is 0.782. The zero-order valence-electron chi connectivity index (χ0n) is 10.8. The first-order valence-electron chi connectivity index (χ1n) is 6.86. The van der Waals surface area contributed by atoms with Gasteiger partial charge in [-0.3, -0.25) is 0 Å². The van der Waals surface area contributed by atoms with Crippen LogP contribution in [0.5, 0.6) is 0 Å². The number of carbonyl (C=O) groups is 1. The van der Waals surface area contributed by atoms with Gasteiger partial charge in [-0.1, -0.05) is 37.5 Å². The standard InChI is InChI=1S/C15H18O3S/c16-14-17-11-13(18-14)15(9-5-2-6-10-15)19-12-7-3-1-4-8-12/h1,3-4,7-8,13H,2,5-6,9-11H2. The molecular weight excluding hydrogens is 260 g/mol. The number of hydrogen-bond donors (Lipinski definition) is 0. The number of benzene rings is 1. The van der Waals surface area contributed by atoms with E-state index in [1.807, 2.05) is 17.8 Å². The number of cyclic esters (lactones) is 2. The minimum Gasteiger partial charge on any atom is -0.430 e. The van der Waals surface area contributed by atoms with Crippen molar-refractivity contribution in [1.82, 2.24) is 0 Å². The van der Waals surface area contributed by atoms with E-state index in [0.717, 1.165) is 12.8 Å². The summed E-state index contributed by atoms with van der Waals surface area (Å²) in [6, 6.07) is 10.4. The fraction of sp³-hybridized carbons (Fsp3) is 0.533. The van der Waals surface area contributed by atoms with Gasteiger partial charge in [0.05, 0.1) is 4.75 Å². The Bertz CT molecular complexity index is 440. The van der Waals surface area contributed by atoms with Crippen molar-refractivity contribution in [2.24, 2.45) is 0 Å². The minimum absolute atomic E-state index is 0.00817. The number of thioether (sulfide) groups is 1. The molecule has 3 rings (SSSR count). The van der Waals surface area contributed by atoms with Crippen LogP contribution < -0.4 is 0 Å². The molecule has 1 unspecified atom stereocenters. The van der Waals surface area contributed by atoms with Crippen LogP contribution in [0.25, 0.3) is 0 Å². The molecule has 102 valence electrons. The zero-order chi connectivity index (χ0) is 13.1. The second kappa shape index (κ2) is 5.45. The van der Waals surface area contributed by atoms with Crippen LogP contribution in [0, 0.1) is 0 Å². The summed E-state index contributed by atoms with van der Waals surface area (Å²) in [5, 5.41) is 0. The highest BCUT2D eigenvalue weighted by Crippen LogP contribution is 2.48. The fourth-order valence-electron chi connectivity index (χ4n) is 2.95. The zero-order valence-corrected chi connectivity index (χ0v) is 11.7. The van der Waals surface area contributed by atoms with Crippen LogP contribution in [-0.2, 0) is 9.47 Å². The van der Waals surface area contributed by atoms with Gasteiger partial charge >= 0.3 is 6.16 Å². The number of ether oxygens (including phenoxy) is 2. The predicted molar refractivity (Wildman–Crippen MR) is 74.3 cm³/mol. The summed E-state index contributed by atoms with van der Waals surface area (Å²) in [7, 11) is 0. The van der Waals surface area contributed by atoms with Gasteiger partial charge in [0, 0.05) is 4.90 Å². The van der Waals surface area contributed by atoms with Crippen molar-refractivity contribution in [3.8, 4) is 0 Å². The van der Waals surface area contributed by atoms with E-state index in [2.05, 4.69) is 24.3 Å². The highest BCUT2D eigenvalue weighted by Gasteiger charge is 2.46. The summed E-state index contributed by atoms with van der Waals surface area (Å²) >= 11 is 1.85. The van der Waals surface area contributed by atoms with Gasteiger partial charge in [-0.05, 0) is 25.0 Å². The average molecular weight is 278 g/mol. The highest BCUT2D eigenvalue weighted by atomic mass is 32.2. The van der Waals surface area contributed by atoms with Crippen molar-refractivity contribution in [2.45, 2.75) is 47.9 Å². The first kappa shape index (κ1) is 12.9. The molecule has 1 heterocycles. The Morgan fingerprint density at radius 3 is 2.47 bits per heavy atom. The summed E-state index contributed by atoms with van der Waals surface area (Å²) in [5.41, 5.74) is 0. The molecule has 2 fully saturated rings. The van der Waals surface area contributed by atoms with Crippen LogP contribution in [0.15, 0.2) is 35.2 Å². The van der Waals surface area contributed by atoms with Crippen LogP contribution in [0.3, 0.4) is 0 Å². The molecule has 4 heteroatoms. The molecule has 0 N–H and O–H groups in total. The van der Waals surface area contributed by atoms with E-state index in [4.69, 9.17) is 9.47 Å². The summed E-state index contributed by atoms with van der Waals surface area (Å²) < 4.78 is 10.4. The third-order valence-corrected chi connectivity index (χ3v) is 5.53. The number of rotatable bonds is 3. The van der Waals surface area contributed by atoms with Crippen molar-refractivity contribution in [1.29, 1.82) is 0 Å². The molecule has 1 aliphatic carbocycles. The smallest absolute Gasteiger partial charge is 0.430 e. The second-order valence-corrected chi connectivity index (χ2v) is 6.70. The Balaban J connectivity index is 1.82. The maximum Gasteiger partial charge on any atom is 0.508 e. The Labute approximate surface area is 117 Å². The number of hydrogen-bond acceptors (Lipinski definition) is 4. The van der Waals surface area contributed by atoms with Gasteiger partial charge in [-0.25, -0.2) is 4.79 Å². The largest absolute Gasteiger partial charge is 0.508 e. The van der Waals surface area contributed by atoms with E-state index in [9.17, 15) is 4.79 Å². The van der Waals surface area contributed by atoms with Crippen LogP contribution in [0.2, 0.25) is 0 Å². The first-order chi connectivity index (χ1) is 9.28. The lowest BCUT2D eigenvalue weighted by atomic mass is 9.84. The molecular formula is C15H18O3S. The first-order valence-corrected chi connectivity index (χ1v) is 7.68. The molecule has 2 aliphatic rings. The van der Waals surface area contributed by atoms with Crippen molar-refractivity contribution in [3.05, 3.63) is 30.3 Å². The monoisotopic (exact) mass is 278 g/mol. The van der Waals surface area contributed by atoms with Gasteiger partial charge in [0.2, 0.25) is 0 Å². The van der Waals surface area contributed by atoms with Gasteiger partial charge in [0.15, 0.2) is 6.10 Å². The lowest BCUT2D eigenvalue weighted by molar-refractivity contribution is 0.0975. The molecule has 0 spiro atoms. The third-order valence-electron chi connectivity index (χ3n) is 3.94. The van der Waals surface area contributed by atoms with E-state index in [-0.39, 0.29) is 10.9 Å². The fourth-order valence-corrected chi connectivity index (χ4v) is 4.45. The van der Waals surface area contributed by atoms with Crippen LogP contribution in [0.1, 0.15) is 32.1 Å². The Hall–Kier alpha value is -1.16. The molecule has 19 heavy (non-hydrogen) atoms. The van der Waals surface area contributed by atoms with E-state index < -0.39 is 6.16 Å². The summed E-state index contributed by atoms with van der Waals surface area (Å²) in [6.45, 7) is 0.401. The SMILES string of the molecule is O=C1OCC(C2(Sc3ccccc3)CCCCC2)O1. The third kappa shape index (κ3) is 2.73. The van der Waals surface area contributed by atoms with Gasteiger partial charge in [0.25, 0.3) is 0 Å². The molecule has 1 aliphatic heterocycles. The molecule has 1 saturated carbocycles. The maximum atomic E-state index is 11.2. The Kier molecular flexibility index (Phi) is 3.69. The molecule has 0 aromatic heterocycles. The molecule has 1 saturated heterocycles. The normalized spacial score (nSPS) is 25.7. The van der Waals surface area contributed by atoms with Gasteiger partial charge in [0.1, 0.15) is 6.61 Å². The highest BCUT2D eigenvalue weighted by molar-refractivity contribution is 8.00. The van der Waals surface area contributed by atoms with Crippen molar-refractivity contribution in [2.75, 3.05) is 6.61 Å². The summed E-state index contributed by atoms with van der Waals surface area (Å²) in [5.74, 6) is 0. The minimum atomic E-state index is -0.511. The van der Waals surface area contributed by atoms with Crippen molar-refractivity contribution >= 4 is 17.9 Å². The molecule has 1 aromatic carbocycles. The van der Waals surface area contributed by atoms with Crippen LogP contribution >= 0.6 is 11.8 Å². The molecule has 3 nitrogen and oxygen atoms in total. The Morgan fingerprint density at radius 2 is 1.84 bits per heavy atom. The van der Waals surface area contributed by atoms with Gasteiger partial charge in [-0.15, -0.1) is 11.8 Å². The van der Waals surface area contributed by atoms with Crippen molar-refractivity contribution in [3.63, 3.8) is 0 Å². The summed E-state index contributed by atoms with van der Waals surface area (Å²) in [4.78, 5) is 12.5. The topological polar surface area (TPSA) is 35.5 Å². The summed E-state index contributed by atoms with van der Waals surface area (Å²) in [6.07, 6.45) is 5.25. The predicted octanol–water partition coefficient (Wildman–Crippen LogP) is 4.02. The second-order valence-electron chi connectivity index (χ2n) is 5.21. The van der Waals surface area contributed by atoms with Gasteiger partial charge in [-0.2, -0.15) is 0 Å². The van der Waals surface area contributed by atoms with E-state index in [0.29, 0.717) is 6.61 Å². The lowest BCUT2D eigenvalue weighted by Gasteiger charge is -2.39. The van der Waals surface area contributed by atoms with E-state index in [1.165, 1.54) is 24.2 Å². The molecule has 1 atom stereocenters. The van der Waals surface area contributed by atoms with E-state index >= 15 is 0 Å². The average Bonchev–Trinajstić information content (AvgIpc) is 2.88. The maximum absolute atomic E-state index is 11.2. The molecule has 0 bridgehead atoms. The molecule has 0 radical (unpaired) electrons.